The zero-order valence-electron chi connectivity index (χ0n) is 10.3. The molecule has 2 saturated heterocycles. The fraction of sp³-hybridized carbons (Fsp3) is 0.818. The summed E-state index contributed by atoms with van der Waals surface area (Å²) in [6, 6.07) is -0.355. The van der Waals surface area contributed by atoms with Crippen molar-refractivity contribution in [1.82, 2.24) is 5.06 Å². The van der Waals surface area contributed by atoms with Crippen LogP contribution in [0, 0.1) is 0 Å². The first-order chi connectivity index (χ1) is 7.87. The molecule has 0 bridgehead atoms. The van der Waals surface area contributed by atoms with Crippen LogP contribution >= 0.6 is 0 Å². The molecule has 0 N–H and O–H groups in total. The monoisotopic (exact) mass is 243 g/mol. The van der Waals surface area contributed by atoms with Gasteiger partial charge < -0.3 is 9.47 Å². The Morgan fingerprint density at radius 2 is 2.18 bits per heavy atom. The molecule has 2 fully saturated rings. The fourth-order valence-electron chi connectivity index (χ4n) is 1.94. The molecule has 0 aliphatic carbocycles. The van der Waals surface area contributed by atoms with E-state index in [1.165, 1.54) is 0 Å². The molecule has 96 valence electrons. The molecule has 0 spiro atoms. The van der Waals surface area contributed by atoms with Crippen molar-refractivity contribution >= 4 is 12.1 Å². The normalized spacial score (nSPS) is 28.6. The number of fused-ring (bicyclic) bond motifs is 1. The molecule has 2 heterocycles. The van der Waals surface area contributed by atoms with Crippen molar-refractivity contribution in [3.05, 3.63) is 0 Å². The number of carbonyl (C=O) groups is 2. The summed E-state index contributed by atoms with van der Waals surface area (Å²) in [7, 11) is 0. The number of ether oxygens (including phenoxy) is 2. The maximum Gasteiger partial charge on any atom is 0.434 e. The summed E-state index contributed by atoms with van der Waals surface area (Å²) in [6.07, 6.45) is -0.0335. The Kier molecular flexibility index (Phi) is 2.99. The number of hydrogen-bond acceptors (Lipinski definition) is 5. The van der Waals surface area contributed by atoms with E-state index >= 15 is 0 Å². The molecule has 6 heteroatoms. The Labute approximate surface area is 99.8 Å². The van der Waals surface area contributed by atoms with E-state index in [9.17, 15) is 9.59 Å². The van der Waals surface area contributed by atoms with Crippen LogP contribution in [0.5, 0.6) is 0 Å². The number of carbonyl (C=O) groups excluding carboxylic acids is 2. The Morgan fingerprint density at radius 1 is 1.47 bits per heavy atom. The van der Waals surface area contributed by atoms with Gasteiger partial charge in [0.15, 0.2) is 0 Å². The number of amides is 1. The van der Waals surface area contributed by atoms with Crippen molar-refractivity contribution in [1.29, 1.82) is 0 Å². The minimum Gasteiger partial charge on any atom is -0.460 e. The van der Waals surface area contributed by atoms with Gasteiger partial charge in [0.1, 0.15) is 17.7 Å². The third-order valence-electron chi connectivity index (χ3n) is 2.60. The van der Waals surface area contributed by atoms with Gasteiger partial charge in [0.2, 0.25) is 0 Å². The predicted molar refractivity (Wildman–Crippen MR) is 56.9 cm³/mol. The molecule has 2 aliphatic rings. The Morgan fingerprint density at radius 3 is 2.82 bits per heavy atom. The lowest BCUT2D eigenvalue weighted by atomic mass is 10.1. The highest BCUT2D eigenvalue weighted by Gasteiger charge is 2.45. The second-order valence-corrected chi connectivity index (χ2v) is 5.23. The second kappa shape index (κ2) is 4.18. The number of hydrogen-bond donors (Lipinski definition) is 0. The van der Waals surface area contributed by atoms with Gasteiger partial charge in [-0.2, -0.15) is 5.06 Å². The molecule has 2 atom stereocenters. The maximum atomic E-state index is 11.9. The van der Waals surface area contributed by atoms with Crippen molar-refractivity contribution in [3.63, 3.8) is 0 Å². The average molecular weight is 243 g/mol. The van der Waals surface area contributed by atoms with Crippen LogP contribution in [-0.4, -0.2) is 41.5 Å². The van der Waals surface area contributed by atoms with Crippen LogP contribution in [0.15, 0.2) is 0 Å². The van der Waals surface area contributed by atoms with Gasteiger partial charge in [-0.05, 0) is 20.8 Å². The van der Waals surface area contributed by atoms with Crippen LogP contribution < -0.4 is 0 Å². The first-order valence-corrected chi connectivity index (χ1v) is 5.71. The molecular weight excluding hydrogens is 226 g/mol. The quantitative estimate of drug-likeness (QED) is 0.599. The van der Waals surface area contributed by atoms with Crippen LogP contribution in [-0.2, 0) is 19.1 Å². The fourth-order valence-corrected chi connectivity index (χ4v) is 1.94. The maximum absolute atomic E-state index is 11.9. The Balaban J connectivity index is 2.05. The lowest BCUT2D eigenvalue weighted by Crippen LogP contribution is -2.50. The Bertz CT molecular complexity index is 335. The number of esters is 1. The van der Waals surface area contributed by atoms with E-state index in [0.717, 1.165) is 5.06 Å². The van der Waals surface area contributed by atoms with E-state index in [1.54, 1.807) is 20.8 Å². The lowest BCUT2D eigenvalue weighted by molar-refractivity contribution is -0.209. The Hall–Kier alpha value is -1.30. The van der Waals surface area contributed by atoms with E-state index < -0.39 is 11.7 Å². The van der Waals surface area contributed by atoms with Crippen molar-refractivity contribution in [3.8, 4) is 0 Å². The third-order valence-corrected chi connectivity index (χ3v) is 2.60. The van der Waals surface area contributed by atoms with Gasteiger partial charge in [0.05, 0.1) is 13.0 Å². The summed E-state index contributed by atoms with van der Waals surface area (Å²) < 4.78 is 10.3. The molecule has 0 aromatic heterocycles. The predicted octanol–water partition coefficient (Wildman–Crippen LogP) is 1.24. The van der Waals surface area contributed by atoms with Crippen LogP contribution in [0.1, 0.15) is 33.6 Å². The van der Waals surface area contributed by atoms with Gasteiger partial charge in [-0.25, -0.2) is 4.79 Å². The minimum atomic E-state index is -0.586. The second-order valence-electron chi connectivity index (χ2n) is 5.23. The van der Waals surface area contributed by atoms with Crippen molar-refractivity contribution in [2.75, 3.05) is 6.61 Å². The molecule has 17 heavy (non-hydrogen) atoms. The van der Waals surface area contributed by atoms with Crippen molar-refractivity contribution in [2.24, 2.45) is 0 Å². The van der Waals surface area contributed by atoms with E-state index in [-0.39, 0.29) is 24.5 Å². The van der Waals surface area contributed by atoms with E-state index in [2.05, 4.69) is 0 Å². The minimum absolute atomic E-state index is 0.171. The van der Waals surface area contributed by atoms with Crippen LogP contribution in [0.4, 0.5) is 4.79 Å². The molecular formula is C11H17NO5. The van der Waals surface area contributed by atoms with Gasteiger partial charge >= 0.3 is 12.1 Å². The summed E-state index contributed by atoms with van der Waals surface area (Å²) in [5.41, 5.74) is -0.586. The zero-order chi connectivity index (χ0) is 12.6. The highest BCUT2D eigenvalue weighted by molar-refractivity contribution is 5.75. The first-order valence-electron chi connectivity index (χ1n) is 5.71. The largest absolute Gasteiger partial charge is 0.460 e. The molecule has 0 saturated carbocycles. The van der Waals surface area contributed by atoms with Gasteiger partial charge in [-0.15, -0.1) is 0 Å². The molecule has 1 amide bonds. The summed E-state index contributed by atoms with van der Waals surface area (Å²) >= 11 is 0. The third kappa shape index (κ3) is 2.69. The SMILES string of the molecule is CC(C)(C)OC(=O)N1OCC[C@H]2OC(=O)C[C@H]21. The zero-order valence-corrected chi connectivity index (χ0v) is 10.3. The van der Waals surface area contributed by atoms with Crippen molar-refractivity contribution in [2.45, 2.75) is 51.4 Å². The van der Waals surface area contributed by atoms with Gasteiger partial charge in [-0.1, -0.05) is 0 Å². The van der Waals surface area contributed by atoms with E-state index in [0.29, 0.717) is 13.0 Å². The standard InChI is InChI=1S/C11H17NO5/c1-11(2,3)17-10(14)12-7-6-9(13)16-8(7)4-5-15-12/h7-8H,4-6H2,1-3H3/t7-,8-/m1/s1. The van der Waals surface area contributed by atoms with Crippen molar-refractivity contribution < 1.29 is 23.9 Å². The number of nitrogens with zero attached hydrogens (tertiary/aromatic N) is 1. The van der Waals surface area contributed by atoms with E-state index in [4.69, 9.17) is 14.3 Å². The van der Waals surface area contributed by atoms with Gasteiger partial charge in [0.25, 0.3) is 0 Å². The summed E-state index contributed by atoms with van der Waals surface area (Å²) in [4.78, 5) is 28.4. The molecule has 2 aliphatic heterocycles. The molecule has 2 rings (SSSR count). The first kappa shape index (κ1) is 12.2. The number of rotatable bonds is 0. The summed E-state index contributed by atoms with van der Waals surface area (Å²) in [6.45, 7) is 5.70. The lowest BCUT2D eigenvalue weighted by Gasteiger charge is -2.35. The number of hydroxylamine groups is 2. The molecule has 0 unspecified atom stereocenters. The summed E-state index contributed by atoms with van der Waals surface area (Å²) in [5, 5.41) is 1.14. The summed E-state index contributed by atoms with van der Waals surface area (Å²) in [5.74, 6) is -0.293. The van der Waals surface area contributed by atoms with Crippen LogP contribution in [0.25, 0.3) is 0 Å². The molecule has 0 aromatic rings. The van der Waals surface area contributed by atoms with Crippen LogP contribution in [0.3, 0.4) is 0 Å². The average Bonchev–Trinajstić information content (AvgIpc) is 2.54. The van der Waals surface area contributed by atoms with Gasteiger partial charge in [0, 0.05) is 6.42 Å². The molecule has 0 aromatic carbocycles. The van der Waals surface area contributed by atoms with Gasteiger partial charge in [-0.3, -0.25) is 9.63 Å². The molecule has 0 radical (unpaired) electrons. The smallest absolute Gasteiger partial charge is 0.434 e. The van der Waals surface area contributed by atoms with Crippen LogP contribution in [0.2, 0.25) is 0 Å². The van der Waals surface area contributed by atoms with E-state index in [1.807, 2.05) is 0 Å². The highest BCUT2D eigenvalue weighted by atomic mass is 16.7. The highest BCUT2D eigenvalue weighted by Crippen LogP contribution is 2.28. The molecule has 6 nitrogen and oxygen atoms in total. The topological polar surface area (TPSA) is 65.1 Å².